The van der Waals surface area contributed by atoms with Crippen LogP contribution in [0.15, 0.2) is 24.3 Å². The van der Waals surface area contributed by atoms with Gasteiger partial charge in [-0.15, -0.1) is 13.2 Å². The van der Waals surface area contributed by atoms with Crippen molar-refractivity contribution >= 4 is 0 Å². The Hall–Kier alpha value is -1.27. The number of alkyl halides is 3. The fourth-order valence-electron chi connectivity index (χ4n) is 0.929. The number of nitrogens with two attached hydrogens (primary N) is 1. The third kappa shape index (κ3) is 3.63. The van der Waals surface area contributed by atoms with Gasteiger partial charge in [0.05, 0.1) is 6.61 Å². The van der Waals surface area contributed by atoms with Gasteiger partial charge >= 0.3 is 6.36 Å². The maximum atomic E-state index is 11.8. The summed E-state index contributed by atoms with van der Waals surface area (Å²) in [6.45, 7) is 0.0368. The second kappa shape index (κ2) is 4.30. The summed E-state index contributed by atoms with van der Waals surface area (Å²) in [5.41, 5.74) is 0.509. The molecule has 0 heterocycles. The summed E-state index contributed by atoms with van der Waals surface area (Å²) in [6.07, 6.45) is -4.68. The van der Waals surface area contributed by atoms with Crippen molar-refractivity contribution in [2.45, 2.75) is 13.0 Å². The van der Waals surface area contributed by atoms with Crippen molar-refractivity contribution in [3.8, 4) is 5.75 Å². The van der Waals surface area contributed by atoms with Gasteiger partial charge in [-0.05, 0) is 17.7 Å². The molecule has 0 radical (unpaired) electrons. The van der Waals surface area contributed by atoms with Gasteiger partial charge in [0, 0.05) is 0 Å². The molecule has 0 atom stereocenters. The van der Waals surface area contributed by atoms with Crippen LogP contribution in [0.4, 0.5) is 13.2 Å². The van der Waals surface area contributed by atoms with Gasteiger partial charge in [0.25, 0.3) is 0 Å². The molecule has 0 saturated carbocycles. The zero-order chi connectivity index (χ0) is 10.6. The normalized spacial score (nSPS) is 11.4. The second-order valence-corrected chi connectivity index (χ2v) is 2.51. The largest absolute Gasteiger partial charge is 0.573 e. The highest BCUT2D eigenvalue weighted by atomic mass is 19.4. The highest BCUT2D eigenvalue weighted by Gasteiger charge is 2.31. The molecule has 14 heavy (non-hydrogen) atoms. The number of hydrogen-bond acceptors (Lipinski definition) is 3. The molecule has 0 aliphatic carbocycles. The summed E-state index contributed by atoms with van der Waals surface area (Å²) in [7, 11) is 0. The van der Waals surface area contributed by atoms with Crippen LogP contribution in [0.3, 0.4) is 0 Å². The predicted molar refractivity (Wildman–Crippen MR) is 42.1 cm³/mol. The summed E-state index contributed by atoms with van der Waals surface area (Å²) in [4.78, 5) is 4.28. The first-order valence-corrected chi connectivity index (χ1v) is 3.67. The van der Waals surface area contributed by atoms with Crippen LogP contribution in [0, 0.1) is 0 Å². The molecule has 0 amide bonds. The highest BCUT2D eigenvalue weighted by molar-refractivity contribution is 5.28. The minimum absolute atomic E-state index is 0.0368. The molecule has 0 unspecified atom stereocenters. The monoisotopic (exact) mass is 207 g/mol. The number of hydrogen-bond donors (Lipinski definition) is 1. The number of halogens is 3. The van der Waals surface area contributed by atoms with E-state index in [4.69, 9.17) is 5.90 Å². The van der Waals surface area contributed by atoms with E-state index in [1.807, 2.05) is 0 Å². The summed E-state index contributed by atoms with van der Waals surface area (Å²) in [5, 5.41) is 0. The highest BCUT2D eigenvalue weighted by Crippen LogP contribution is 2.23. The van der Waals surface area contributed by atoms with E-state index in [0.29, 0.717) is 5.56 Å². The van der Waals surface area contributed by atoms with Crippen LogP contribution in [0.5, 0.6) is 5.75 Å². The Balaban J connectivity index is 2.73. The molecular weight excluding hydrogens is 199 g/mol. The van der Waals surface area contributed by atoms with Crippen LogP contribution in [-0.4, -0.2) is 6.36 Å². The van der Waals surface area contributed by atoms with Gasteiger partial charge in [-0.25, -0.2) is 5.90 Å². The van der Waals surface area contributed by atoms with Crippen molar-refractivity contribution in [1.29, 1.82) is 0 Å². The van der Waals surface area contributed by atoms with Crippen molar-refractivity contribution < 1.29 is 22.7 Å². The van der Waals surface area contributed by atoms with Gasteiger partial charge < -0.3 is 4.74 Å². The molecule has 0 saturated heterocycles. The Kier molecular flexibility index (Phi) is 3.32. The number of ether oxygens (including phenoxy) is 1. The molecule has 6 heteroatoms. The third-order valence-electron chi connectivity index (χ3n) is 1.38. The van der Waals surface area contributed by atoms with E-state index in [-0.39, 0.29) is 12.4 Å². The van der Waals surface area contributed by atoms with Crippen molar-refractivity contribution in [1.82, 2.24) is 0 Å². The minimum Gasteiger partial charge on any atom is -0.406 e. The molecule has 0 fully saturated rings. The maximum Gasteiger partial charge on any atom is 0.573 e. The van der Waals surface area contributed by atoms with E-state index >= 15 is 0 Å². The first-order valence-electron chi connectivity index (χ1n) is 3.67. The van der Waals surface area contributed by atoms with Crippen molar-refractivity contribution in [3.63, 3.8) is 0 Å². The molecule has 2 N–H and O–H groups in total. The quantitative estimate of drug-likeness (QED) is 0.770. The average Bonchev–Trinajstić information content (AvgIpc) is 2.02. The summed E-state index contributed by atoms with van der Waals surface area (Å²) in [6, 6.07) is 5.42. The lowest BCUT2D eigenvalue weighted by molar-refractivity contribution is -0.274. The minimum atomic E-state index is -4.68. The standard InChI is InChI=1S/C8H8F3NO2/c9-8(10,11)14-7-3-1-2-6(4-7)5-13-12/h1-4H,5,12H2. The zero-order valence-electron chi connectivity index (χ0n) is 7.04. The van der Waals surface area contributed by atoms with E-state index in [0.717, 1.165) is 0 Å². The van der Waals surface area contributed by atoms with Crippen LogP contribution in [-0.2, 0) is 11.4 Å². The van der Waals surface area contributed by atoms with Crippen molar-refractivity contribution in [3.05, 3.63) is 29.8 Å². The van der Waals surface area contributed by atoms with E-state index in [1.165, 1.54) is 18.2 Å². The fourth-order valence-corrected chi connectivity index (χ4v) is 0.929. The first-order chi connectivity index (χ1) is 6.51. The molecule has 0 aliphatic rings. The smallest absolute Gasteiger partial charge is 0.406 e. The average molecular weight is 207 g/mol. The molecule has 0 bridgehead atoms. The van der Waals surface area contributed by atoms with Crippen molar-refractivity contribution in [2.24, 2.45) is 5.90 Å². The molecule has 78 valence electrons. The number of rotatable bonds is 3. The fraction of sp³-hybridized carbons (Fsp3) is 0.250. The zero-order valence-corrected chi connectivity index (χ0v) is 7.04. The Morgan fingerprint density at radius 1 is 1.29 bits per heavy atom. The van der Waals surface area contributed by atoms with Crippen LogP contribution in [0.25, 0.3) is 0 Å². The molecule has 0 aromatic heterocycles. The Morgan fingerprint density at radius 2 is 2.00 bits per heavy atom. The van der Waals surface area contributed by atoms with E-state index in [1.54, 1.807) is 6.07 Å². The lowest BCUT2D eigenvalue weighted by atomic mass is 10.2. The molecular formula is C8H8F3NO2. The molecule has 1 aromatic carbocycles. The Bertz CT molecular complexity index is 301. The van der Waals surface area contributed by atoms with Gasteiger partial charge in [0.15, 0.2) is 0 Å². The molecule has 1 aromatic rings. The maximum absolute atomic E-state index is 11.8. The van der Waals surface area contributed by atoms with Crippen molar-refractivity contribution in [2.75, 3.05) is 0 Å². The lowest BCUT2D eigenvalue weighted by Gasteiger charge is -2.09. The molecule has 3 nitrogen and oxygen atoms in total. The molecule has 0 aliphatic heterocycles. The van der Waals surface area contributed by atoms with Crippen LogP contribution >= 0.6 is 0 Å². The number of benzene rings is 1. The van der Waals surface area contributed by atoms with Gasteiger partial charge in [0.1, 0.15) is 5.75 Å². The Labute approximate surface area is 78.2 Å². The first kappa shape index (κ1) is 10.8. The summed E-state index contributed by atoms with van der Waals surface area (Å²) < 4.78 is 39.0. The van der Waals surface area contributed by atoms with E-state index < -0.39 is 6.36 Å². The van der Waals surface area contributed by atoms with Gasteiger partial charge in [0.2, 0.25) is 0 Å². The van der Waals surface area contributed by atoms with Gasteiger partial charge in [-0.1, -0.05) is 12.1 Å². The summed E-state index contributed by atoms with van der Waals surface area (Å²) >= 11 is 0. The Morgan fingerprint density at radius 3 is 2.57 bits per heavy atom. The van der Waals surface area contributed by atoms with Crippen LogP contribution in [0.2, 0.25) is 0 Å². The SMILES string of the molecule is NOCc1cccc(OC(F)(F)F)c1. The summed E-state index contributed by atoms with van der Waals surface area (Å²) in [5.74, 6) is 4.49. The van der Waals surface area contributed by atoms with Gasteiger partial charge in [-0.2, -0.15) is 0 Å². The van der Waals surface area contributed by atoms with E-state index in [2.05, 4.69) is 9.57 Å². The molecule has 0 spiro atoms. The van der Waals surface area contributed by atoms with E-state index in [9.17, 15) is 13.2 Å². The third-order valence-corrected chi connectivity index (χ3v) is 1.38. The second-order valence-electron chi connectivity index (χ2n) is 2.51. The van der Waals surface area contributed by atoms with Crippen LogP contribution < -0.4 is 10.6 Å². The molecule has 1 rings (SSSR count). The van der Waals surface area contributed by atoms with Crippen LogP contribution in [0.1, 0.15) is 5.56 Å². The topological polar surface area (TPSA) is 44.5 Å². The predicted octanol–water partition coefficient (Wildman–Crippen LogP) is 1.98. The van der Waals surface area contributed by atoms with Gasteiger partial charge in [-0.3, -0.25) is 4.84 Å². The lowest BCUT2D eigenvalue weighted by Crippen LogP contribution is -2.17.